The zero-order chi connectivity index (χ0) is 13.8. The van der Waals surface area contributed by atoms with Gasteiger partial charge in [0.05, 0.1) is 10.0 Å². The average molecular weight is 302 g/mol. The summed E-state index contributed by atoms with van der Waals surface area (Å²) in [6.07, 6.45) is 2.32. The Hall–Kier alpha value is -0.770. The molecule has 1 heterocycles. The number of benzene rings is 1. The van der Waals surface area contributed by atoms with E-state index >= 15 is 0 Å². The number of likely N-dealkylation sites (tertiary alicyclic amines) is 1. The molecular formula is C14H17Cl2NO2. The molecule has 1 aliphatic heterocycles. The van der Waals surface area contributed by atoms with Crippen LogP contribution in [0.5, 0.6) is 0 Å². The van der Waals surface area contributed by atoms with Crippen molar-refractivity contribution in [2.24, 2.45) is 5.92 Å². The zero-order valence-corrected chi connectivity index (χ0v) is 12.1. The summed E-state index contributed by atoms with van der Waals surface area (Å²) in [4.78, 5) is 13.1. The minimum absolute atomic E-state index is 0.258. The van der Waals surface area contributed by atoms with Gasteiger partial charge in [-0.3, -0.25) is 9.69 Å². The molecule has 104 valence electrons. The first-order valence-corrected chi connectivity index (χ1v) is 7.18. The Morgan fingerprint density at radius 1 is 1.37 bits per heavy atom. The van der Waals surface area contributed by atoms with Crippen LogP contribution in [0.1, 0.15) is 24.8 Å². The van der Waals surface area contributed by atoms with E-state index in [1.807, 2.05) is 12.1 Å². The van der Waals surface area contributed by atoms with Crippen molar-refractivity contribution in [3.05, 3.63) is 33.8 Å². The molecule has 19 heavy (non-hydrogen) atoms. The molecule has 1 atom stereocenters. The molecular weight excluding hydrogens is 285 g/mol. The van der Waals surface area contributed by atoms with Crippen LogP contribution in [-0.2, 0) is 11.3 Å². The summed E-state index contributed by atoms with van der Waals surface area (Å²) in [6, 6.07) is 5.65. The van der Waals surface area contributed by atoms with E-state index in [2.05, 4.69) is 4.90 Å². The van der Waals surface area contributed by atoms with Crippen LogP contribution >= 0.6 is 23.2 Å². The summed E-state index contributed by atoms with van der Waals surface area (Å²) in [5.74, 6) is -0.449. The summed E-state index contributed by atoms with van der Waals surface area (Å²) in [7, 11) is 0. The maximum Gasteiger partial charge on any atom is 0.303 e. The molecule has 1 unspecified atom stereocenters. The lowest BCUT2D eigenvalue weighted by Gasteiger charge is -2.32. The van der Waals surface area contributed by atoms with E-state index < -0.39 is 5.97 Å². The van der Waals surface area contributed by atoms with Crippen molar-refractivity contribution in [2.75, 3.05) is 13.1 Å². The fourth-order valence-corrected chi connectivity index (χ4v) is 2.93. The maximum absolute atomic E-state index is 10.8. The Balaban J connectivity index is 1.94. The second-order valence-corrected chi connectivity index (χ2v) is 5.90. The SMILES string of the molecule is O=C(O)CC1CCCN(Cc2ccc(Cl)c(Cl)c2)C1. The molecule has 0 saturated carbocycles. The van der Waals surface area contributed by atoms with Crippen LogP contribution in [0, 0.1) is 5.92 Å². The molecule has 0 aliphatic carbocycles. The van der Waals surface area contributed by atoms with E-state index in [1.165, 1.54) is 0 Å². The number of hydrogen-bond acceptors (Lipinski definition) is 2. The number of rotatable bonds is 4. The monoisotopic (exact) mass is 301 g/mol. The van der Waals surface area contributed by atoms with Crippen molar-refractivity contribution < 1.29 is 9.90 Å². The van der Waals surface area contributed by atoms with E-state index in [1.54, 1.807) is 6.07 Å². The maximum atomic E-state index is 10.8. The first-order chi connectivity index (χ1) is 9.04. The second kappa shape index (κ2) is 6.60. The van der Waals surface area contributed by atoms with Gasteiger partial charge >= 0.3 is 5.97 Å². The number of aliphatic carboxylic acids is 1. The van der Waals surface area contributed by atoms with Crippen molar-refractivity contribution in [3.8, 4) is 0 Å². The molecule has 1 aromatic carbocycles. The summed E-state index contributed by atoms with van der Waals surface area (Å²) in [6.45, 7) is 2.65. The molecule has 0 radical (unpaired) electrons. The summed E-state index contributed by atoms with van der Waals surface area (Å²) in [5, 5.41) is 9.99. The molecule has 0 aromatic heterocycles. The van der Waals surface area contributed by atoms with Gasteiger partial charge < -0.3 is 5.11 Å². The summed E-state index contributed by atoms with van der Waals surface area (Å²) >= 11 is 11.9. The summed E-state index contributed by atoms with van der Waals surface area (Å²) in [5.41, 5.74) is 1.12. The van der Waals surface area contributed by atoms with E-state index in [4.69, 9.17) is 28.3 Å². The number of carboxylic acid groups (broad SMARTS) is 1. The number of carbonyl (C=O) groups is 1. The topological polar surface area (TPSA) is 40.5 Å². The minimum atomic E-state index is -0.707. The van der Waals surface area contributed by atoms with Crippen molar-refractivity contribution in [1.82, 2.24) is 4.90 Å². The third-order valence-corrected chi connectivity index (χ3v) is 4.20. The van der Waals surface area contributed by atoms with E-state index in [0.717, 1.165) is 38.0 Å². The van der Waals surface area contributed by atoms with Crippen LogP contribution < -0.4 is 0 Å². The van der Waals surface area contributed by atoms with Crippen LogP contribution in [0.15, 0.2) is 18.2 Å². The zero-order valence-electron chi connectivity index (χ0n) is 10.6. The Bertz CT molecular complexity index is 465. The van der Waals surface area contributed by atoms with Gasteiger partial charge in [-0.25, -0.2) is 0 Å². The molecule has 1 saturated heterocycles. The van der Waals surface area contributed by atoms with Crippen LogP contribution in [0.25, 0.3) is 0 Å². The van der Waals surface area contributed by atoms with Gasteiger partial charge in [-0.05, 0) is 43.0 Å². The molecule has 0 bridgehead atoms. The van der Waals surface area contributed by atoms with Gasteiger partial charge in [0.25, 0.3) is 0 Å². The third kappa shape index (κ3) is 4.37. The van der Waals surface area contributed by atoms with Crippen molar-refractivity contribution >= 4 is 29.2 Å². The highest BCUT2D eigenvalue weighted by atomic mass is 35.5. The van der Waals surface area contributed by atoms with Crippen LogP contribution in [-0.4, -0.2) is 29.1 Å². The van der Waals surface area contributed by atoms with Gasteiger partial charge in [0.1, 0.15) is 0 Å². The highest BCUT2D eigenvalue weighted by Crippen LogP contribution is 2.25. The number of carboxylic acids is 1. The number of piperidine rings is 1. The predicted octanol–water partition coefficient (Wildman–Crippen LogP) is 3.68. The molecule has 3 nitrogen and oxygen atoms in total. The van der Waals surface area contributed by atoms with Gasteiger partial charge in [-0.2, -0.15) is 0 Å². The molecule has 1 N–H and O–H groups in total. The molecule has 0 amide bonds. The fourth-order valence-electron chi connectivity index (χ4n) is 2.60. The van der Waals surface area contributed by atoms with E-state index in [-0.39, 0.29) is 12.3 Å². The molecule has 1 aromatic rings. The summed E-state index contributed by atoms with van der Waals surface area (Å²) < 4.78 is 0. The number of nitrogens with zero attached hydrogens (tertiary/aromatic N) is 1. The van der Waals surface area contributed by atoms with Gasteiger partial charge in [0.15, 0.2) is 0 Å². The first-order valence-electron chi connectivity index (χ1n) is 6.42. The van der Waals surface area contributed by atoms with Crippen LogP contribution in [0.2, 0.25) is 10.0 Å². The van der Waals surface area contributed by atoms with Gasteiger partial charge in [-0.1, -0.05) is 29.3 Å². The minimum Gasteiger partial charge on any atom is -0.481 e. The van der Waals surface area contributed by atoms with Crippen molar-refractivity contribution in [1.29, 1.82) is 0 Å². The quantitative estimate of drug-likeness (QED) is 0.922. The lowest BCUT2D eigenvalue weighted by Crippen LogP contribution is -2.35. The van der Waals surface area contributed by atoms with Crippen LogP contribution in [0.4, 0.5) is 0 Å². The van der Waals surface area contributed by atoms with E-state index in [0.29, 0.717) is 10.0 Å². The largest absolute Gasteiger partial charge is 0.481 e. The Morgan fingerprint density at radius 3 is 2.84 bits per heavy atom. The molecule has 1 aliphatic rings. The third-order valence-electron chi connectivity index (χ3n) is 3.46. The fraction of sp³-hybridized carbons (Fsp3) is 0.500. The average Bonchev–Trinajstić information content (AvgIpc) is 2.33. The van der Waals surface area contributed by atoms with Crippen LogP contribution in [0.3, 0.4) is 0 Å². The normalized spacial score (nSPS) is 20.4. The van der Waals surface area contributed by atoms with Gasteiger partial charge in [-0.15, -0.1) is 0 Å². The Kier molecular flexibility index (Phi) is 5.08. The second-order valence-electron chi connectivity index (χ2n) is 5.09. The highest BCUT2D eigenvalue weighted by Gasteiger charge is 2.22. The van der Waals surface area contributed by atoms with Gasteiger partial charge in [0, 0.05) is 19.5 Å². The standard InChI is InChI=1S/C14H17Cl2NO2/c15-12-4-3-11(6-13(12)16)9-17-5-1-2-10(8-17)7-14(18)19/h3-4,6,10H,1-2,5,7-9H2,(H,18,19). The molecule has 5 heteroatoms. The number of hydrogen-bond donors (Lipinski definition) is 1. The molecule has 2 rings (SSSR count). The van der Waals surface area contributed by atoms with E-state index in [9.17, 15) is 4.79 Å². The Labute approximate surface area is 123 Å². The van der Waals surface area contributed by atoms with Gasteiger partial charge in [0.2, 0.25) is 0 Å². The highest BCUT2D eigenvalue weighted by molar-refractivity contribution is 6.42. The lowest BCUT2D eigenvalue weighted by atomic mass is 9.94. The lowest BCUT2D eigenvalue weighted by molar-refractivity contribution is -0.138. The first kappa shape index (κ1) is 14.6. The molecule has 1 fully saturated rings. The number of halogens is 2. The van der Waals surface area contributed by atoms with Crippen molar-refractivity contribution in [2.45, 2.75) is 25.8 Å². The molecule has 0 spiro atoms. The van der Waals surface area contributed by atoms with Crippen molar-refractivity contribution in [3.63, 3.8) is 0 Å². The predicted molar refractivity (Wildman–Crippen MR) is 76.7 cm³/mol. The Morgan fingerprint density at radius 2 is 2.16 bits per heavy atom. The smallest absolute Gasteiger partial charge is 0.303 e.